The van der Waals surface area contributed by atoms with Gasteiger partial charge in [-0.3, -0.25) is 9.59 Å². The van der Waals surface area contributed by atoms with Gasteiger partial charge in [-0.15, -0.1) is 0 Å². The van der Waals surface area contributed by atoms with Crippen LogP contribution in [-0.4, -0.2) is 38.7 Å². The largest absolute Gasteiger partial charge is 0.496 e. The Balaban J connectivity index is 1.61. The van der Waals surface area contributed by atoms with Gasteiger partial charge in [0.25, 0.3) is 11.8 Å². The summed E-state index contributed by atoms with van der Waals surface area (Å²) in [5.41, 5.74) is 2.59. The van der Waals surface area contributed by atoms with E-state index in [0.29, 0.717) is 47.2 Å². The molecule has 0 aromatic heterocycles. The number of rotatable bonds is 7. The molecule has 1 unspecified atom stereocenters. The number of hydrogen-bond donors (Lipinski definition) is 1. The van der Waals surface area contributed by atoms with Crippen LogP contribution in [0.3, 0.4) is 0 Å². The molecule has 0 spiro atoms. The number of nitrogens with one attached hydrogen (secondary N) is 1. The van der Waals surface area contributed by atoms with Crippen LogP contribution in [0.15, 0.2) is 66.7 Å². The van der Waals surface area contributed by atoms with Gasteiger partial charge in [0.15, 0.2) is 6.10 Å². The van der Waals surface area contributed by atoms with E-state index in [0.717, 1.165) is 5.56 Å². The Morgan fingerprint density at radius 1 is 1.00 bits per heavy atom. The molecule has 7 nitrogen and oxygen atoms in total. The number of benzene rings is 3. The van der Waals surface area contributed by atoms with Crippen molar-refractivity contribution in [1.29, 1.82) is 0 Å². The fourth-order valence-corrected chi connectivity index (χ4v) is 3.87. The average Bonchev–Trinajstić information content (AvgIpc) is 2.84. The molecule has 1 aliphatic heterocycles. The third-order valence-corrected chi connectivity index (χ3v) is 5.55. The summed E-state index contributed by atoms with van der Waals surface area (Å²) in [6.45, 7) is 2.24. The Hall–Kier alpha value is -4.00. The van der Waals surface area contributed by atoms with Crippen LogP contribution in [0.5, 0.6) is 17.2 Å². The first kappa shape index (κ1) is 22.2. The van der Waals surface area contributed by atoms with Crippen molar-refractivity contribution in [3.8, 4) is 17.2 Å². The van der Waals surface area contributed by atoms with Gasteiger partial charge >= 0.3 is 0 Å². The molecule has 7 heteroatoms. The lowest BCUT2D eigenvalue weighted by Gasteiger charge is -2.33. The van der Waals surface area contributed by atoms with Crippen molar-refractivity contribution in [2.45, 2.75) is 19.4 Å². The van der Waals surface area contributed by atoms with Crippen molar-refractivity contribution in [1.82, 2.24) is 0 Å². The Kier molecular flexibility index (Phi) is 6.49. The van der Waals surface area contributed by atoms with Crippen molar-refractivity contribution >= 4 is 23.2 Å². The summed E-state index contributed by atoms with van der Waals surface area (Å²) in [6.07, 6.45) is 0.125. The molecule has 33 heavy (non-hydrogen) atoms. The van der Waals surface area contributed by atoms with Crippen LogP contribution < -0.4 is 24.4 Å². The molecule has 3 aromatic carbocycles. The zero-order chi connectivity index (χ0) is 23.4. The number of ether oxygens (including phenoxy) is 3. The van der Waals surface area contributed by atoms with E-state index < -0.39 is 6.10 Å². The number of anilines is 2. The SMILES string of the molecule is COc1cccc(OC)c1C(=O)Nc1ccc2c(c1)N(CCc1ccccc1)C(=O)C(C)O2. The third kappa shape index (κ3) is 4.62. The first-order valence-electron chi connectivity index (χ1n) is 10.7. The molecule has 0 bridgehead atoms. The zero-order valence-electron chi connectivity index (χ0n) is 18.8. The molecule has 0 aliphatic carbocycles. The molecule has 0 fully saturated rings. The fourth-order valence-electron chi connectivity index (χ4n) is 3.87. The molecule has 0 radical (unpaired) electrons. The zero-order valence-corrected chi connectivity index (χ0v) is 18.8. The van der Waals surface area contributed by atoms with Crippen molar-refractivity contribution < 1.29 is 23.8 Å². The van der Waals surface area contributed by atoms with Gasteiger partial charge in [-0.1, -0.05) is 36.4 Å². The lowest BCUT2D eigenvalue weighted by molar-refractivity contribution is -0.125. The number of fused-ring (bicyclic) bond motifs is 1. The average molecular weight is 447 g/mol. The topological polar surface area (TPSA) is 77.1 Å². The molecule has 170 valence electrons. The summed E-state index contributed by atoms with van der Waals surface area (Å²) in [5, 5.41) is 2.89. The minimum absolute atomic E-state index is 0.117. The van der Waals surface area contributed by atoms with Gasteiger partial charge in [0.1, 0.15) is 22.8 Å². The quantitative estimate of drug-likeness (QED) is 0.585. The van der Waals surface area contributed by atoms with Gasteiger partial charge in [-0.05, 0) is 49.2 Å². The highest BCUT2D eigenvalue weighted by atomic mass is 16.5. The van der Waals surface area contributed by atoms with E-state index in [1.54, 1.807) is 48.2 Å². The van der Waals surface area contributed by atoms with Crippen LogP contribution >= 0.6 is 0 Å². The Morgan fingerprint density at radius 3 is 2.36 bits per heavy atom. The lowest BCUT2D eigenvalue weighted by Crippen LogP contribution is -2.45. The van der Waals surface area contributed by atoms with Gasteiger partial charge in [0, 0.05) is 12.2 Å². The predicted octanol–water partition coefficient (Wildman–Crippen LogP) is 4.31. The highest BCUT2D eigenvalue weighted by Gasteiger charge is 2.31. The molecule has 4 rings (SSSR count). The van der Waals surface area contributed by atoms with E-state index >= 15 is 0 Å². The summed E-state index contributed by atoms with van der Waals surface area (Å²) in [5.74, 6) is 0.913. The molecular weight excluding hydrogens is 420 g/mol. The van der Waals surface area contributed by atoms with E-state index in [4.69, 9.17) is 14.2 Å². The summed E-state index contributed by atoms with van der Waals surface area (Å²) in [7, 11) is 3.00. The summed E-state index contributed by atoms with van der Waals surface area (Å²) in [6, 6.07) is 20.4. The van der Waals surface area contributed by atoms with Gasteiger partial charge in [0.05, 0.1) is 19.9 Å². The van der Waals surface area contributed by atoms with E-state index in [1.807, 2.05) is 30.3 Å². The van der Waals surface area contributed by atoms with Gasteiger partial charge in [0.2, 0.25) is 0 Å². The lowest BCUT2D eigenvalue weighted by atomic mass is 10.1. The molecule has 1 atom stereocenters. The second-order valence-corrected chi connectivity index (χ2v) is 7.66. The minimum atomic E-state index is -0.577. The molecule has 1 aliphatic rings. The maximum Gasteiger partial charge on any atom is 0.267 e. The van der Waals surface area contributed by atoms with Gasteiger partial charge < -0.3 is 24.4 Å². The first-order chi connectivity index (χ1) is 16.0. The smallest absolute Gasteiger partial charge is 0.267 e. The maximum absolute atomic E-state index is 13.1. The number of hydrogen-bond acceptors (Lipinski definition) is 5. The number of carbonyl (C=O) groups is 2. The fraction of sp³-hybridized carbons (Fsp3) is 0.231. The minimum Gasteiger partial charge on any atom is -0.496 e. The number of carbonyl (C=O) groups excluding carboxylic acids is 2. The van der Waals surface area contributed by atoms with Crippen LogP contribution in [0.1, 0.15) is 22.8 Å². The predicted molar refractivity (Wildman–Crippen MR) is 127 cm³/mol. The van der Waals surface area contributed by atoms with E-state index in [1.165, 1.54) is 14.2 Å². The molecule has 1 heterocycles. The summed E-state index contributed by atoms with van der Waals surface area (Å²) >= 11 is 0. The van der Waals surface area contributed by atoms with Crippen molar-refractivity contribution in [2.75, 3.05) is 31.0 Å². The Bertz CT molecular complexity index is 1140. The highest BCUT2D eigenvalue weighted by Crippen LogP contribution is 2.37. The van der Waals surface area contributed by atoms with E-state index in [2.05, 4.69) is 5.32 Å². The molecule has 2 amide bonds. The second kappa shape index (κ2) is 9.65. The van der Waals surface area contributed by atoms with Crippen molar-refractivity contribution in [2.24, 2.45) is 0 Å². The molecular formula is C26H26N2O5. The number of nitrogens with zero attached hydrogens (tertiary/aromatic N) is 1. The van der Waals surface area contributed by atoms with Crippen molar-refractivity contribution in [3.05, 3.63) is 77.9 Å². The highest BCUT2D eigenvalue weighted by molar-refractivity contribution is 6.09. The molecule has 3 aromatic rings. The third-order valence-electron chi connectivity index (χ3n) is 5.55. The Labute approximate surface area is 192 Å². The molecule has 1 N–H and O–H groups in total. The van der Waals surface area contributed by atoms with Crippen LogP contribution in [0.4, 0.5) is 11.4 Å². The van der Waals surface area contributed by atoms with Gasteiger partial charge in [-0.25, -0.2) is 0 Å². The maximum atomic E-state index is 13.1. The second-order valence-electron chi connectivity index (χ2n) is 7.66. The Morgan fingerprint density at radius 2 is 1.70 bits per heavy atom. The molecule has 0 saturated heterocycles. The van der Waals surface area contributed by atoms with Crippen LogP contribution in [0.2, 0.25) is 0 Å². The van der Waals surface area contributed by atoms with Crippen LogP contribution in [-0.2, 0) is 11.2 Å². The van der Waals surface area contributed by atoms with E-state index in [-0.39, 0.29) is 11.8 Å². The van der Waals surface area contributed by atoms with Crippen LogP contribution in [0.25, 0.3) is 0 Å². The van der Waals surface area contributed by atoms with Crippen LogP contribution in [0, 0.1) is 0 Å². The normalized spacial score (nSPS) is 14.8. The number of amides is 2. The van der Waals surface area contributed by atoms with E-state index in [9.17, 15) is 9.59 Å². The standard InChI is InChI=1S/C26H26N2O5/c1-17-26(30)28(15-14-18-8-5-4-6-9-18)20-16-19(12-13-21(20)33-17)27-25(29)24-22(31-2)10-7-11-23(24)32-3/h4-13,16-17H,14-15H2,1-3H3,(H,27,29). The number of methoxy groups -OCH3 is 2. The summed E-state index contributed by atoms with van der Waals surface area (Å²) in [4.78, 5) is 27.7. The first-order valence-corrected chi connectivity index (χ1v) is 10.7. The summed E-state index contributed by atoms with van der Waals surface area (Å²) < 4.78 is 16.5. The van der Waals surface area contributed by atoms with Crippen molar-refractivity contribution in [3.63, 3.8) is 0 Å². The molecule has 0 saturated carbocycles. The monoisotopic (exact) mass is 446 g/mol. The van der Waals surface area contributed by atoms with Gasteiger partial charge in [-0.2, -0.15) is 0 Å².